The monoisotopic (exact) mass is 502 g/mol. The third-order valence-electron chi connectivity index (χ3n) is 5.73. The SMILES string of the molecule is COc1cc(/C=C/C(=O)n2c(-c3cc(OC)c(OC)c(OC)c3)cn(-c3ccccc3)c2=O)ccc1O. The maximum atomic E-state index is 13.5. The lowest BCUT2D eigenvalue weighted by atomic mass is 10.1. The molecule has 1 N–H and O–H groups in total. The predicted octanol–water partition coefficient (Wildman–Crippen LogP) is 4.40. The zero-order valence-corrected chi connectivity index (χ0v) is 20.8. The summed E-state index contributed by atoms with van der Waals surface area (Å²) in [6.07, 6.45) is 4.41. The summed E-state index contributed by atoms with van der Waals surface area (Å²) < 4.78 is 23.9. The number of carbonyl (C=O) groups is 1. The maximum absolute atomic E-state index is 13.5. The lowest BCUT2D eigenvalue weighted by molar-refractivity contribution is 0.0967. The molecule has 9 nitrogen and oxygen atoms in total. The number of imidazole rings is 1. The van der Waals surface area contributed by atoms with Crippen molar-refractivity contribution in [2.24, 2.45) is 0 Å². The molecule has 0 unspecified atom stereocenters. The Kier molecular flexibility index (Phi) is 7.34. The fourth-order valence-corrected chi connectivity index (χ4v) is 3.91. The second kappa shape index (κ2) is 10.8. The summed E-state index contributed by atoms with van der Waals surface area (Å²) in [5.41, 5.74) is 1.49. The summed E-state index contributed by atoms with van der Waals surface area (Å²) >= 11 is 0. The number of rotatable bonds is 8. The molecule has 0 bridgehead atoms. The molecular formula is C28H26N2O7. The van der Waals surface area contributed by atoms with Crippen LogP contribution in [-0.2, 0) is 0 Å². The predicted molar refractivity (Wildman–Crippen MR) is 139 cm³/mol. The quantitative estimate of drug-likeness (QED) is 0.357. The lowest BCUT2D eigenvalue weighted by Gasteiger charge is -2.14. The van der Waals surface area contributed by atoms with Gasteiger partial charge < -0.3 is 24.1 Å². The third kappa shape index (κ3) is 4.92. The van der Waals surface area contributed by atoms with Crippen LogP contribution in [0.25, 0.3) is 23.0 Å². The standard InChI is InChI=1S/C28H26N2O7/c1-34-23-14-18(10-12-22(23)31)11-13-26(32)30-21(17-29(28(30)33)20-8-6-5-7-9-20)19-15-24(35-2)27(37-4)25(16-19)36-3/h5-17,31H,1-4H3/b13-11+. The zero-order valence-electron chi connectivity index (χ0n) is 20.8. The van der Waals surface area contributed by atoms with E-state index in [0.717, 1.165) is 4.57 Å². The fraction of sp³-hybridized carbons (Fsp3) is 0.143. The molecule has 9 heteroatoms. The van der Waals surface area contributed by atoms with Gasteiger partial charge in [0.1, 0.15) is 0 Å². The van der Waals surface area contributed by atoms with Crippen molar-refractivity contribution in [2.45, 2.75) is 0 Å². The smallest absolute Gasteiger partial charge is 0.340 e. The first-order valence-electron chi connectivity index (χ1n) is 11.2. The highest BCUT2D eigenvalue weighted by Crippen LogP contribution is 2.41. The molecule has 0 saturated carbocycles. The molecule has 0 amide bonds. The van der Waals surface area contributed by atoms with Crippen molar-refractivity contribution in [3.63, 3.8) is 0 Å². The molecule has 0 fully saturated rings. The average molecular weight is 503 g/mol. The van der Waals surface area contributed by atoms with Gasteiger partial charge >= 0.3 is 5.69 Å². The molecule has 4 aromatic rings. The normalized spacial score (nSPS) is 10.9. The molecule has 1 aromatic heterocycles. The van der Waals surface area contributed by atoms with Gasteiger partial charge in [0.2, 0.25) is 5.75 Å². The minimum atomic E-state index is -0.574. The largest absolute Gasteiger partial charge is 0.504 e. The summed E-state index contributed by atoms with van der Waals surface area (Å²) in [7, 11) is 5.91. The second-order valence-corrected chi connectivity index (χ2v) is 7.85. The van der Waals surface area contributed by atoms with Crippen LogP contribution in [0.2, 0.25) is 0 Å². The highest BCUT2D eigenvalue weighted by Gasteiger charge is 2.22. The maximum Gasteiger partial charge on any atom is 0.340 e. The summed E-state index contributed by atoms with van der Waals surface area (Å²) in [4.78, 5) is 27.0. The molecule has 0 aliphatic rings. The van der Waals surface area contributed by atoms with E-state index >= 15 is 0 Å². The van der Waals surface area contributed by atoms with Gasteiger partial charge in [0.05, 0.1) is 39.8 Å². The minimum Gasteiger partial charge on any atom is -0.504 e. The molecule has 0 aliphatic heterocycles. The second-order valence-electron chi connectivity index (χ2n) is 7.85. The van der Waals surface area contributed by atoms with Gasteiger partial charge in [-0.05, 0) is 48.0 Å². The van der Waals surface area contributed by atoms with Crippen LogP contribution in [-0.4, -0.2) is 48.6 Å². The highest BCUT2D eigenvalue weighted by molar-refractivity contribution is 5.96. The number of phenolic OH excluding ortho intramolecular Hbond substituents is 1. The summed E-state index contributed by atoms with van der Waals surface area (Å²) in [6.45, 7) is 0. The number of benzene rings is 3. The van der Waals surface area contributed by atoms with Crippen LogP contribution in [0.1, 0.15) is 10.4 Å². The van der Waals surface area contributed by atoms with E-state index in [4.69, 9.17) is 18.9 Å². The van der Waals surface area contributed by atoms with Crippen molar-refractivity contribution in [1.29, 1.82) is 0 Å². The Balaban J connectivity index is 1.88. The number of para-hydroxylation sites is 1. The Morgan fingerprint density at radius 2 is 1.49 bits per heavy atom. The highest BCUT2D eigenvalue weighted by atomic mass is 16.5. The number of carbonyl (C=O) groups excluding carboxylic acids is 1. The molecule has 1 heterocycles. The molecule has 4 rings (SSSR count). The molecule has 0 saturated heterocycles. The Labute approximate surface area is 213 Å². The lowest BCUT2D eigenvalue weighted by Crippen LogP contribution is -2.27. The number of allylic oxidation sites excluding steroid dienone is 1. The van der Waals surface area contributed by atoms with Crippen LogP contribution in [0.15, 0.2) is 77.7 Å². The third-order valence-corrected chi connectivity index (χ3v) is 5.73. The van der Waals surface area contributed by atoms with E-state index in [-0.39, 0.29) is 11.5 Å². The van der Waals surface area contributed by atoms with Gasteiger partial charge in [-0.3, -0.25) is 9.36 Å². The molecular weight excluding hydrogens is 476 g/mol. The van der Waals surface area contributed by atoms with Crippen LogP contribution >= 0.6 is 0 Å². The van der Waals surface area contributed by atoms with Crippen molar-refractivity contribution >= 4 is 12.0 Å². The van der Waals surface area contributed by atoms with Crippen molar-refractivity contribution in [1.82, 2.24) is 9.13 Å². The number of nitrogens with zero attached hydrogens (tertiary/aromatic N) is 2. The molecule has 37 heavy (non-hydrogen) atoms. The zero-order chi connectivity index (χ0) is 26.5. The number of hydrogen-bond acceptors (Lipinski definition) is 7. The fourth-order valence-electron chi connectivity index (χ4n) is 3.91. The first-order chi connectivity index (χ1) is 17.9. The molecule has 0 radical (unpaired) electrons. The Morgan fingerprint density at radius 3 is 2.08 bits per heavy atom. The van der Waals surface area contributed by atoms with E-state index in [0.29, 0.717) is 39.8 Å². The van der Waals surface area contributed by atoms with Crippen molar-refractivity contribution < 1.29 is 28.8 Å². The van der Waals surface area contributed by atoms with Gasteiger partial charge in [-0.2, -0.15) is 0 Å². The van der Waals surface area contributed by atoms with E-state index in [9.17, 15) is 14.7 Å². The van der Waals surface area contributed by atoms with Crippen LogP contribution < -0.4 is 24.6 Å². The number of methoxy groups -OCH3 is 4. The minimum absolute atomic E-state index is 0.0215. The Bertz CT molecular complexity index is 1490. The van der Waals surface area contributed by atoms with Crippen LogP contribution in [0.5, 0.6) is 28.7 Å². The summed E-state index contributed by atoms with van der Waals surface area (Å²) in [5, 5.41) is 9.83. The molecule has 190 valence electrons. The van der Waals surface area contributed by atoms with E-state index in [2.05, 4.69) is 0 Å². The first kappa shape index (κ1) is 25.2. The number of hydrogen-bond donors (Lipinski definition) is 1. The van der Waals surface area contributed by atoms with Crippen molar-refractivity contribution in [3.05, 3.63) is 89.0 Å². The van der Waals surface area contributed by atoms with Gasteiger partial charge in [0.15, 0.2) is 23.0 Å². The molecule has 3 aromatic carbocycles. The van der Waals surface area contributed by atoms with Crippen LogP contribution in [0, 0.1) is 0 Å². The molecule has 0 atom stereocenters. The average Bonchev–Trinajstić information content (AvgIpc) is 3.28. The van der Waals surface area contributed by atoms with E-state index in [1.54, 1.807) is 54.7 Å². The Morgan fingerprint density at radius 1 is 0.838 bits per heavy atom. The number of aromatic hydroxyl groups is 1. The van der Waals surface area contributed by atoms with Gasteiger partial charge in [-0.1, -0.05) is 24.3 Å². The van der Waals surface area contributed by atoms with Crippen LogP contribution in [0.4, 0.5) is 0 Å². The Hall–Kier alpha value is -4.92. The van der Waals surface area contributed by atoms with Crippen molar-refractivity contribution in [3.8, 4) is 45.7 Å². The van der Waals surface area contributed by atoms with Crippen LogP contribution in [0.3, 0.4) is 0 Å². The van der Waals surface area contributed by atoms with Gasteiger partial charge in [0.25, 0.3) is 5.91 Å². The topological polar surface area (TPSA) is 101 Å². The number of ether oxygens (including phenoxy) is 4. The number of aromatic nitrogens is 2. The van der Waals surface area contributed by atoms with Gasteiger partial charge in [0, 0.05) is 17.8 Å². The van der Waals surface area contributed by atoms with E-state index < -0.39 is 11.6 Å². The van der Waals surface area contributed by atoms with E-state index in [1.165, 1.54) is 51.2 Å². The van der Waals surface area contributed by atoms with Crippen molar-refractivity contribution in [2.75, 3.05) is 28.4 Å². The first-order valence-corrected chi connectivity index (χ1v) is 11.2. The van der Waals surface area contributed by atoms with Gasteiger partial charge in [-0.15, -0.1) is 0 Å². The molecule has 0 aliphatic carbocycles. The molecule has 0 spiro atoms. The summed E-state index contributed by atoms with van der Waals surface area (Å²) in [6, 6.07) is 17.0. The summed E-state index contributed by atoms with van der Waals surface area (Å²) in [5.74, 6) is 0.810. The number of phenols is 1. The van der Waals surface area contributed by atoms with E-state index in [1.807, 2.05) is 6.07 Å². The van der Waals surface area contributed by atoms with Gasteiger partial charge in [-0.25, -0.2) is 9.36 Å².